The van der Waals surface area contributed by atoms with Crippen LogP contribution in [0, 0.1) is 5.92 Å². The minimum Gasteiger partial charge on any atom is -0.476 e. The quantitative estimate of drug-likeness (QED) is 0.773. The molecule has 0 saturated carbocycles. The molecule has 1 aromatic rings. The van der Waals surface area contributed by atoms with Gasteiger partial charge in [-0.2, -0.15) is 0 Å². The zero-order valence-electron chi connectivity index (χ0n) is 11.8. The summed E-state index contributed by atoms with van der Waals surface area (Å²) in [5.74, 6) is -0.810. The largest absolute Gasteiger partial charge is 0.476 e. The lowest BCUT2D eigenvalue weighted by Crippen LogP contribution is -2.45. The highest BCUT2D eigenvalue weighted by Crippen LogP contribution is 2.20. The van der Waals surface area contributed by atoms with E-state index in [9.17, 15) is 14.7 Å². The van der Waals surface area contributed by atoms with Gasteiger partial charge >= 0.3 is 12.0 Å². The zero-order valence-corrected chi connectivity index (χ0v) is 12.6. The fraction of sp³-hybridized carbons (Fsp3) is 0.615. The van der Waals surface area contributed by atoms with Crippen LogP contribution >= 0.6 is 11.3 Å². The summed E-state index contributed by atoms with van der Waals surface area (Å²) in [6, 6.07) is -0.175. The van der Waals surface area contributed by atoms with E-state index in [2.05, 4.69) is 10.3 Å². The number of hydrogen-bond donors (Lipinski definition) is 3. The number of piperidine rings is 1. The van der Waals surface area contributed by atoms with Gasteiger partial charge in [0, 0.05) is 18.5 Å². The van der Waals surface area contributed by atoms with Crippen molar-refractivity contribution in [1.29, 1.82) is 0 Å². The van der Waals surface area contributed by atoms with Crippen molar-refractivity contribution in [2.45, 2.75) is 32.4 Å². The standard InChI is InChI=1S/C13H19N3O4S/c1-8(17)9-2-4-16(5-3-9)13(20)14-6-11-15-10(7-21-11)12(18)19/h7-9,17H,2-6H2,1H3,(H,14,20)(H,18,19). The maximum Gasteiger partial charge on any atom is 0.355 e. The number of carbonyl (C=O) groups excluding carboxylic acids is 1. The Morgan fingerprint density at radius 2 is 2.19 bits per heavy atom. The molecule has 3 N–H and O–H groups in total. The van der Waals surface area contributed by atoms with Crippen LogP contribution in [0.1, 0.15) is 35.3 Å². The second-order valence-electron chi connectivity index (χ2n) is 5.16. The van der Waals surface area contributed by atoms with Gasteiger partial charge in [-0.25, -0.2) is 14.6 Å². The van der Waals surface area contributed by atoms with E-state index in [-0.39, 0.29) is 30.3 Å². The number of hydrogen-bond acceptors (Lipinski definition) is 5. The van der Waals surface area contributed by atoms with Crippen LogP contribution in [0.3, 0.4) is 0 Å². The van der Waals surface area contributed by atoms with E-state index in [1.54, 1.807) is 11.8 Å². The average molecular weight is 313 g/mol. The van der Waals surface area contributed by atoms with Gasteiger partial charge in [0.05, 0.1) is 12.6 Å². The maximum atomic E-state index is 12.0. The number of nitrogens with one attached hydrogen (secondary N) is 1. The number of aliphatic hydroxyl groups excluding tert-OH is 1. The van der Waals surface area contributed by atoms with E-state index in [0.717, 1.165) is 12.8 Å². The molecule has 1 aromatic heterocycles. The Hall–Kier alpha value is -1.67. The third-order valence-electron chi connectivity index (χ3n) is 3.67. The lowest BCUT2D eigenvalue weighted by molar-refractivity contribution is 0.0691. The summed E-state index contributed by atoms with van der Waals surface area (Å²) in [4.78, 5) is 28.3. The van der Waals surface area contributed by atoms with Gasteiger partial charge in [0.25, 0.3) is 0 Å². The molecule has 1 atom stereocenters. The number of aromatic carboxylic acids is 1. The van der Waals surface area contributed by atoms with E-state index < -0.39 is 5.97 Å². The number of carboxylic acid groups (broad SMARTS) is 1. The molecular weight excluding hydrogens is 294 g/mol. The van der Waals surface area contributed by atoms with Crippen LogP contribution in [0.5, 0.6) is 0 Å². The first kappa shape index (κ1) is 15.7. The molecule has 0 spiro atoms. The van der Waals surface area contributed by atoms with Crippen LogP contribution < -0.4 is 5.32 Å². The fourth-order valence-corrected chi connectivity index (χ4v) is 3.05. The Labute approximate surface area is 126 Å². The number of thiazole rings is 1. The number of amides is 2. The topological polar surface area (TPSA) is 103 Å². The molecule has 0 aromatic carbocycles. The highest BCUT2D eigenvalue weighted by atomic mass is 32.1. The van der Waals surface area contributed by atoms with Gasteiger partial charge in [-0.1, -0.05) is 0 Å². The average Bonchev–Trinajstić information content (AvgIpc) is 2.94. The van der Waals surface area contributed by atoms with Crippen LogP contribution in [0.4, 0.5) is 4.79 Å². The first-order valence-electron chi connectivity index (χ1n) is 6.86. The molecule has 1 fully saturated rings. The molecule has 2 amide bonds. The molecular formula is C13H19N3O4S. The number of urea groups is 1. The van der Waals surface area contributed by atoms with Crippen molar-refractivity contribution in [3.63, 3.8) is 0 Å². The summed E-state index contributed by atoms with van der Waals surface area (Å²) < 4.78 is 0. The number of nitrogens with zero attached hydrogens (tertiary/aromatic N) is 2. The van der Waals surface area contributed by atoms with Crippen LogP contribution in [0.2, 0.25) is 0 Å². The minimum absolute atomic E-state index is 0.00185. The van der Waals surface area contributed by atoms with E-state index in [1.165, 1.54) is 16.7 Å². The van der Waals surface area contributed by atoms with Crippen molar-refractivity contribution < 1.29 is 19.8 Å². The van der Waals surface area contributed by atoms with Gasteiger partial charge in [0.15, 0.2) is 5.69 Å². The van der Waals surface area contributed by atoms with Gasteiger partial charge in [-0.05, 0) is 25.7 Å². The molecule has 116 valence electrons. The van der Waals surface area contributed by atoms with E-state index in [1.807, 2.05) is 0 Å². The smallest absolute Gasteiger partial charge is 0.355 e. The van der Waals surface area contributed by atoms with Crippen LogP contribution in [-0.2, 0) is 6.54 Å². The second-order valence-corrected chi connectivity index (χ2v) is 6.10. The Morgan fingerprint density at radius 3 is 2.71 bits per heavy atom. The highest BCUT2D eigenvalue weighted by molar-refractivity contribution is 7.09. The number of aliphatic hydroxyl groups is 1. The molecule has 0 radical (unpaired) electrons. The van der Waals surface area contributed by atoms with Crippen molar-refractivity contribution in [2.24, 2.45) is 5.92 Å². The van der Waals surface area contributed by atoms with Gasteiger partial charge < -0.3 is 20.4 Å². The SMILES string of the molecule is CC(O)C1CCN(C(=O)NCc2nc(C(=O)O)cs2)CC1. The van der Waals surface area contributed by atoms with Gasteiger partial charge in [-0.15, -0.1) is 11.3 Å². The number of carbonyl (C=O) groups is 2. The third kappa shape index (κ3) is 4.15. The first-order chi connectivity index (χ1) is 9.97. The summed E-state index contributed by atoms with van der Waals surface area (Å²) in [6.45, 7) is 3.26. The Balaban J connectivity index is 1.78. The number of carboxylic acids is 1. The summed E-state index contributed by atoms with van der Waals surface area (Å²) >= 11 is 1.21. The Kier molecular flexibility index (Phi) is 5.13. The maximum absolute atomic E-state index is 12.0. The molecule has 2 rings (SSSR count). The van der Waals surface area contributed by atoms with Gasteiger partial charge in [0.1, 0.15) is 5.01 Å². The van der Waals surface area contributed by atoms with E-state index >= 15 is 0 Å². The molecule has 1 aliphatic heterocycles. The molecule has 2 heterocycles. The number of likely N-dealkylation sites (tertiary alicyclic amines) is 1. The van der Waals surface area contributed by atoms with Crippen LogP contribution in [-0.4, -0.2) is 51.3 Å². The Morgan fingerprint density at radius 1 is 1.52 bits per heavy atom. The Bertz CT molecular complexity index is 509. The van der Waals surface area contributed by atoms with Crippen LogP contribution in [0.15, 0.2) is 5.38 Å². The summed E-state index contributed by atoms with van der Waals surface area (Å²) in [6.07, 6.45) is 1.26. The van der Waals surface area contributed by atoms with Gasteiger partial charge in [-0.3, -0.25) is 0 Å². The predicted molar refractivity (Wildman–Crippen MR) is 77.3 cm³/mol. The first-order valence-corrected chi connectivity index (χ1v) is 7.74. The molecule has 1 unspecified atom stereocenters. The third-order valence-corrected chi connectivity index (χ3v) is 4.52. The van der Waals surface area contributed by atoms with E-state index in [4.69, 9.17) is 5.11 Å². The molecule has 21 heavy (non-hydrogen) atoms. The lowest BCUT2D eigenvalue weighted by Gasteiger charge is -2.33. The summed E-state index contributed by atoms with van der Waals surface area (Å²) in [5.41, 5.74) is 0.00185. The fourth-order valence-electron chi connectivity index (χ4n) is 2.34. The predicted octanol–water partition coefficient (Wildman–Crippen LogP) is 1.14. The van der Waals surface area contributed by atoms with Gasteiger partial charge in [0.2, 0.25) is 0 Å². The molecule has 1 saturated heterocycles. The van der Waals surface area contributed by atoms with E-state index in [0.29, 0.717) is 18.1 Å². The minimum atomic E-state index is -1.07. The molecule has 7 nitrogen and oxygen atoms in total. The number of aromatic nitrogens is 1. The van der Waals surface area contributed by atoms with Crippen molar-refractivity contribution in [3.05, 3.63) is 16.1 Å². The van der Waals surface area contributed by atoms with Crippen molar-refractivity contribution in [2.75, 3.05) is 13.1 Å². The molecule has 0 bridgehead atoms. The summed E-state index contributed by atoms with van der Waals surface area (Å²) in [5, 5.41) is 23.1. The van der Waals surface area contributed by atoms with Crippen LogP contribution in [0.25, 0.3) is 0 Å². The van der Waals surface area contributed by atoms with Crippen molar-refractivity contribution >= 4 is 23.3 Å². The van der Waals surface area contributed by atoms with Crippen molar-refractivity contribution in [3.8, 4) is 0 Å². The molecule has 8 heteroatoms. The number of rotatable bonds is 4. The molecule has 1 aliphatic rings. The lowest BCUT2D eigenvalue weighted by atomic mass is 9.92. The monoisotopic (exact) mass is 313 g/mol. The normalized spacial score (nSPS) is 17.5. The summed E-state index contributed by atoms with van der Waals surface area (Å²) in [7, 11) is 0. The zero-order chi connectivity index (χ0) is 15.4. The highest BCUT2D eigenvalue weighted by Gasteiger charge is 2.25. The van der Waals surface area contributed by atoms with Crippen molar-refractivity contribution in [1.82, 2.24) is 15.2 Å². The molecule has 0 aliphatic carbocycles. The second kappa shape index (κ2) is 6.86.